The summed E-state index contributed by atoms with van der Waals surface area (Å²) in [6, 6.07) is 0.602. The molecular weight excluding hydrogens is 256 g/mol. The SMILES string of the molecule is COCc1cnn(C2CCN(C(=O)NC(C)C)CC2)c1. The van der Waals surface area contributed by atoms with Crippen LogP contribution in [0.5, 0.6) is 0 Å². The highest BCUT2D eigenvalue weighted by Gasteiger charge is 2.24. The van der Waals surface area contributed by atoms with Crippen LogP contribution >= 0.6 is 0 Å². The number of piperidine rings is 1. The predicted molar refractivity (Wildman–Crippen MR) is 76.5 cm³/mol. The van der Waals surface area contributed by atoms with E-state index in [1.165, 1.54) is 0 Å². The van der Waals surface area contributed by atoms with Gasteiger partial charge in [-0.1, -0.05) is 0 Å². The molecule has 1 aromatic heterocycles. The standard InChI is InChI=1S/C14H24N4O2/c1-11(2)16-14(19)17-6-4-13(5-7-17)18-9-12(8-15-18)10-20-3/h8-9,11,13H,4-7,10H2,1-3H3,(H,16,19). The molecule has 0 spiro atoms. The van der Waals surface area contributed by atoms with Gasteiger partial charge in [0.05, 0.1) is 18.8 Å². The summed E-state index contributed by atoms with van der Waals surface area (Å²) in [5, 5.41) is 7.33. The van der Waals surface area contributed by atoms with E-state index in [0.717, 1.165) is 31.5 Å². The van der Waals surface area contributed by atoms with E-state index >= 15 is 0 Å². The monoisotopic (exact) mass is 280 g/mol. The van der Waals surface area contributed by atoms with E-state index in [9.17, 15) is 4.79 Å². The molecule has 6 heteroatoms. The Bertz CT molecular complexity index is 436. The van der Waals surface area contributed by atoms with Crippen molar-refractivity contribution >= 4 is 6.03 Å². The number of nitrogens with one attached hydrogen (secondary N) is 1. The van der Waals surface area contributed by atoms with Crippen LogP contribution in [-0.4, -0.2) is 47.0 Å². The van der Waals surface area contributed by atoms with Crippen LogP contribution in [0.4, 0.5) is 4.79 Å². The molecule has 0 atom stereocenters. The number of urea groups is 1. The van der Waals surface area contributed by atoms with E-state index in [1.54, 1.807) is 7.11 Å². The van der Waals surface area contributed by atoms with Crippen molar-refractivity contribution in [2.75, 3.05) is 20.2 Å². The van der Waals surface area contributed by atoms with Crippen molar-refractivity contribution in [2.45, 2.75) is 45.4 Å². The molecule has 2 amide bonds. The zero-order valence-corrected chi connectivity index (χ0v) is 12.5. The van der Waals surface area contributed by atoms with Gasteiger partial charge in [0.1, 0.15) is 0 Å². The van der Waals surface area contributed by atoms with Crippen molar-refractivity contribution in [2.24, 2.45) is 0 Å². The van der Waals surface area contributed by atoms with Crippen LogP contribution in [0.1, 0.15) is 38.3 Å². The van der Waals surface area contributed by atoms with Crippen molar-refractivity contribution in [3.05, 3.63) is 18.0 Å². The van der Waals surface area contributed by atoms with Gasteiger partial charge < -0.3 is 15.0 Å². The van der Waals surface area contributed by atoms with E-state index < -0.39 is 0 Å². The highest BCUT2D eigenvalue weighted by molar-refractivity contribution is 5.74. The lowest BCUT2D eigenvalue weighted by molar-refractivity contribution is 0.166. The van der Waals surface area contributed by atoms with Gasteiger partial charge in [-0.25, -0.2) is 4.79 Å². The molecule has 1 aromatic rings. The molecule has 2 rings (SSSR count). The van der Waals surface area contributed by atoms with E-state index in [-0.39, 0.29) is 12.1 Å². The van der Waals surface area contributed by atoms with E-state index in [4.69, 9.17) is 4.74 Å². The first-order valence-electron chi connectivity index (χ1n) is 7.17. The maximum absolute atomic E-state index is 11.9. The zero-order valence-electron chi connectivity index (χ0n) is 12.5. The highest BCUT2D eigenvalue weighted by atomic mass is 16.5. The normalized spacial score (nSPS) is 16.7. The Morgan fingerprint density at radius 2 is 2.20 bits per heavy atom. The summed E-state index contributed by atoms with van der Waals surface area (Å²) in [5.74, 6) is 0. The average Bonchev–Trinajstić information content (AvgIpc) is 2.87. The second kappa shape index (κ2) is 6.74. The van der Waals surface area contributed by atoms with Crippen LogP contribution in [0, 0.1) is 0 Å². The smallest absolute Gasteiger partial charge is 0.317 e. The second-order valence-corrected chi connectivity index (χ2v) is 5.58. The molecule has 0 saturated carbocycles. The summed E-state index contributed by atoms with van der Waals surface area (Å²) in [7, 11) is 1.68. The Hall–Kier alpha value is -1.56. The van der Waals surface area contributed by atoms with E-state index in [0.29, 0.717) is 12.6 Å². The first kappa shape index (κ1) is 14.8. The number of methoxy groups -OCH3 is 1. The Morgan fingerprint density at radius 1 is 1.50 bits per heavy atom. The van der Waals surface area contributed by atoms with Gasteiger partial charge >= 0.3 is 6.03 Å². The molecule has 1 N–H and O–H groups in total. The molecule has 0 unspecified atom stereocenters. The zero-order chi connectivity index (χ0) is 14.5. The van der Waals surface area contributed by atoms with E-state index in [1.807, 2.05) is 35.8 Å². The minimum Gasteiger partial charge on any atom is -0.380 e. The highest BCUT2D eigenvalue weighted by Crippen LogP contribution is 2.22. The molecule has 1 aliphatic rings. The fraction of sp³-hybridized carbons (Fsp3) is 0.714. The van der Waals surface area contributed by atoms with Crippen LogP contribution < -0.4 is 5.32 Å². The Balaban J connectivity index is 1.85. The number of aromatic nitrogens is 2. The fourth-order valence-corrected chi connectivity index (χ4v) is 2.49. The molecular formula is C14H24N4O2. The summed E-state index contributed by atoms with van der Waals surface area (Å²) >= 11 is 0. The van der Waals surface area contributed by atoms with Gasteiger partial charge in [0, 0.05) is 38.0 Å². The first-order valence-corrected chi connectivity index (χ1v) is 7.17. The molecule has 20 heavy (non-hydrogen) atoms. The molecule has 0 aromatic carbocycles. The number of nitrogens with zero attached hydrogens (tertiary/aromatic N) is 3. The molecule has 1 saturated heterocycles. The van der Waals surface area contributed by atoms with E-state index in [2.05, 4.69) is 10.4 Å². The van der Waals surface area contributed by atoms with Gasteiger partial charge in [0.25, 0.3) is 0 Å². The number of rotatable bonds is 4. The average molecular weight is 280 g/mol. The first-order chi connectivity index (χ1) is 9.60. The molecule has 112 valence electrons. The van der Waals surface area contributed by atoms with Gasteiger partial charge in [-0.05, 0) is 26.7 Å². The molecule has 0 radical (unpaired) electrons. The Morgan fingerprint density at radius 3 is 2.80 bits per heavy atom. The molecule has 6 nitrogen and oxygen atoms in total. The Labute approximate surface area is 120 Å². The molecule has 0 bridgehead atoms. The molecule has 2 heterocycles. The predicted octanol–water partition coefficient (Wildman–Crippen LogP) is 1.78. The number of likely N-dealkylation sites (tertiary alicyclic amines) is 1. The lowest BCUT2D eigenvalue weighted by Crippen LogP contribution is -2.46. The van der Waals surface area contributed by atoms with Crippen LogP contribution in [0.2, 0.25) is 0 Å². The maximum atomic E-state index is 11.9. The maximum Gasteiger partial charge on any atom is 0.317 e. The third kappa shape index (κ3) is 3.72. The summed E-state index contributed by atoms with van der Waals surface area (Å²) in [6.07, 6.45) is 5.78. The molecule has 1 fully saturated rings. The third-order valence-corrected chi connectivity index (χ3v) is 3.50. The largest absolute Gasteiger partial charge is 0.380 e. The Kier molecular flexibility index (Phi) is 5.00. The number of hydrogen-bond acceptors (Lipinski definition) is 3. The lowest BCUT2D eigenvalue weighted by atomic mass is 10.1. The second-order valence-electron chi connectivity index (χ2n) is 5.58. The van der Waals surface area contributed by atoms with Crippen LogP contribution in [0.25, 0.3) is 0 Å². The minimum atomic E-state index is 0.0407. The number of amides is 2. The molecule has 0 aliphatic carbocycles. The van der Waals surface area contributed by atoms with Crippen molar-refractivity contribution in [3.63, 3.8) is 0 Å². The van der Waals surface area contributed by atoms with Gasteiger partial charge in [0.15, 0.2) is 0 Å². The number of hydrogen-bond donors (Lipinski definition) is 1. The van der Waals surface area contributed by atoms with Gasteiger partial charge in [-0.15, -0.1) is 0 Å². The van der Waals surface area contributed by atoms with Gasteiger partial charge in [-0.3, -0.25) is 4.68 Å². The van der Waals surface area contributed by atoms with Gasteiger partial charge in [0.2, 0.25) is 0 Å². The fourth-order valence-electron chi connectivity index (χ4n) is 2.49. The van der Waals surface area contributed by atoms with Crippen molar-refractivity contribution in [1.82, 2.24) is 20.0 Å². The van der Waals surface area contributed by atoms with Gasteiger partial charge in [-0.2, -0.15) is 5.10 Å². The summed E-state index contributed by atoms with van der Waals surface area (Å²) in [6.45, 7) is 6.11. The summed E-state index contributed by atoms with van der Waals surface area (Å²) in [5.41, 5.74) is 1.09. The molecule has 1 aliphatic heterocycles. The summed E-state index contributed by atoms with van der Waals surface area (Å²) < 4.78 is 7.11. The number of carbonyl (C=O) groups excluding carboxylic acids is 1. The minimum absolute atomic E-state index is 0.0407. The summed E-state index contributed by atoms with van der Waals surface area (Å²) in [4.78, 5) is 13.8. The van der Waals surface area contributed by atoms with Crippen molar-refractivity contribution < 1.29 is 9.53 Å². The third-order valence-electron chi connectivity index (χ3n) is 3.50. The quantitative estimate of drug-likeness (QED) is 0.914. The van der Waals surface area contributed by atoms with Crippen LogP contribution in [-0.2, 0) is 11.3 Å². The van der Waals surface area contributed by atoms with Crippen LogP contribution in [0.3, 0.4) is 0 Å². The number of ether oxygens (including phenoxy) is 1. The lowest BCUT2D eigenvalue weighted by Gasteiger charge is -2.32. The van der Waals surface area contributed by atoms with Crippen molar-refractivity contribution in [3.8, 4) is 0 Å². The number of carbonyl (C=O) groups is 1. The topological polar surface area (TPSA) is 59.4 Å². The van der Waals surface area contributed by atoms with Crippen molar-refractivity contribution in [1.29, 1.82) is 0 Å². The van der Waals surface area contributed by atoms with Crippen LogP contribution in [0.15, 0.2) is 12.4 Å².